The van der Waals surface area contributed by atoms with Crippen molar-refractivity contribution in [3.8, 4) is 0 Å². The molecule has 8 heteroatoms. The van der Waals surface area contributed by atoms with Gasteiger partial charge >= 0.3 is 0 Å². The molecule has 0 aliphatic heterocycles. The summed E-state index contributed by atoms with van der Waals surface area (Å²) in [6.45, 7) is 1.55. The first kappa shape index (κ1) is 15.1. The largest absolute Gasteiger partial charge is 0.394 e. The molecule has 0 aliphatic rings. The molecule has 1 aromatic rings. The van der Waals surface area contributed by atoms with Gasteiger partial charge < -0.3 is 10.4 Å². The van der Waals surface area contributed by atoms with E-state index in [4.69, 9.17) is 5.11 Å². The maximum atomic E-state index is 11.7. The maximum Gasteiger partial charge on any atom is 0.250 e. The van der Waals surface area contributed by atoms with Gasteiger partial charge in [-0.25, -0.2) is 13.1 Å². The van der Waals surface area contributed by atoms with Gasteiger partial charge in [0.2, 0.25) is 15.9 Å². The van der Waals surface area contributed by atoms with Crippen LogP contribution in [0, 0.1) is 0 Å². The topological polar surface area (TPSA) is 95.5 Å². The van der Waals surface area contributed by atoms with E-state index in [1.165, 1.54) is 6.07 Å². The fourth-order valence-electron chi connectivity index (χ4n) is 1.18. The van der Waals surface area contributed by atoms with Crippen LogP contribution >= 0.6 is 11.3 Å². The van der Waals surface area contributed by atoms with Crippen molar-refractivity contribution >= 4 is 27.3 Å². The van der Waals surface area contributed by atoms with Gasteiger partial charge in [0.05, 0.1) is 6.61 Å². The van der Waals surface area contributed by atoms with Crippen LogP contribution in [-0.2, 0) is 14.8 Å². The number of amides is 1. The molecular weight excluding hydrogens is 276 g/mol. The molecule has 0 aliphatic carbocycles. The summed E-state index contributed by atoms with van der Waals surface area (Å²) in [5.74, 6) is -0.301. The van der Waals surface area contributed by atoms with Crippen molar-refractivity contribution in [3.63, 3.8) is 0 Å². The van der Waals surface area contributed by atoms with E-state index >= 15 is 0 Å². The summed E-state index contributed by atoms with van der Waals surface area (Å²) in [5, 5.41) is 12.9. The molecule has 0 radical (unpaired) electrons. The van der Waals surface area contributed by atoms with Crippen molar-refractivity contribution in [2.24, 2.45) is 0 Å². The van der Waals surface area contributed by atoms with Gasteiger partial charge in [0.25, 0.3) is 0 Å². The van der Waals surface area contributed by atoms with E-state index < -0.39 is 10.0 Å². The summed E-state index contributed by atoms with van der Waals surface area (Å²) in [6.07, 6.45) is 0.0367. The predicted octanol–water partition coefficient (Wildman–Crippen LogP) is -0.0865. The zero-order chi connectivity index (χ0) is 13.6. The van der Waals surface area contributed by atoms with Crippen LogP contribution in [0.4, 0.5) is 0 Å². The van der Waals surface area contributed by atoms with Crippen LogP contribution in [0.5, 0.6) is 0 Å². The van der Waals surface area contributed by atoms with E-state index in [2.05, 4.69) is 10.0 Å². The smallest absolute Gasteiger partial charge is 0.250 e. The lowest BCUT2D eigenvalue weighted by Gasteiger charge is -2.10. The number of thiophene rings is 1. The van der Waals surface area contributed by atoms with E-state index in [1.807, 2.05) is 0 Å². The van der Waals surface area contributed by atoms with Gasteiger partial charge in [0.15, 0.2) is 0 Å². The van der Waals surface area contributed by atoms with Crippen LogP contribution < -0.4 is 10.0 Å². The fourth-order valence-corrected chi connectivity index (χ4v) is 3.25. The number of hydrogen-bond donors (Lipinski definition) is 3. The first-order valence-electron chi connectivity index (χ1n) is 5.39. The van der Waals surface area contributed by atoms with Gasteiger partial charge in [0, 0.05) is 19.0 Å². The van der Waals surface area contributed by atoms with Crippen LogP contribution in [-0.4, -0.2) is 38.6 Å². The van der Waals surface area contributed by atoms with E-state index in [0.717, 1.165) is 11.3 Å². The summed E-state index contributed by atoms with van der Waals surface area (Å²) < 4.78 is 25.9. The first-order valence-corrected chi connectivity index (χ1v) is 7.75. The molecule has 1 amide bonds. The molecule has 1 aromatic heterocycles. The minimum absolute atomic E-state index is 0.0320. The maximum absolute atomic E-state index is 11.7. The lowest BCUT2D eigenvalue weighted by Crippen LogP contribution is -2.37. The summed E-state index contributed by atoms with van der Waals surface area (Å²) in [4.78, 5) is 11.3. The highest BCUT2D eigenvalue weighted by atomic mass is 32.2. The monoisotopic (exact) mass is 292 g/mol. The molecule has 0 spiro atoms. The summed E-state index contributed by atoms with van der Waals surface area (Å²) in [5.41, 5.74) is 0. The predicted molar refractivity (Wildman–Crippen MR) is 68.8 cm³/mol. The highest BCUT2D eigenvalue weighted by Crippen LogP contribution is 2.14. The van der Waals surface area contributed by atoms with Crippen molar-refractivity contribution in [1.29, 1.82) is 0 Å². The number of aliphatic hydroxyl groups excluding tert-OH is 1. The van der Waals surface area contributed by atoms with Gasteiger partial charge in [0.1, 0.15) is 4.21 Å². The second-order valence-corrected chi connectivity index (χ2v) is 6.67. The number of aliphatic hydroxyl groups is 1. The molecule has 0 saturated heterocycles. The zero-order valence-corrected chi connectivity index (χ0v) is 11.6. The molecule has 0 fully saturated rings. The van der Waals surface area contributed by atoms with Crippen molar-refractivity contribution in [3.05, 3.63) is 17.5 Å². The average Bonchev–Trinajstić information content (AvgIpc) is 2.82. The molecule has 0 aromatic carbocycles. The van der Waals surface area contributed by atoms with Gasteiger partial charge in [-0.1, -0.05) is 6.07 Å². The van der Waals surface area contributed by atoms with Gasteiger partial charge in [-0.3, -0.25) is 4.79 Å². The van der Waals surface area contributed by atoms with E-state index in [0.29, 0.717) is 0 Å². The Morgan fingerprint density at radius 2 is 2.28 bits per heavy atom. The minimum Gasteiger partial charge on any atom is -0.394 e. The molecule has 1 atom stereocenters. The van der Waals surface area contributed by atoms with Crippen LogP contribution in [0.2, 0.25) is 0 Å². The molecule has 1 unspecified atom stereocenters. The van der Waals surface area contributed by atoms with E-state index in [-0.39, 0.29) is 35.7 Å². The lowest BCUT2D eigenvalue weighted by atomic mass is 10.3. The molecule has 3 N–H and O–H groups in total. The van der Waals surface area contributed by atoms with E-state index in [9.17, 15) is 13.2 Å². The van der Waals surface area contributed by atoms with Crippen LogP contribution in [0.25, 0.3) is 0 Å². The molecule has 0 saturated carbocycles. The Labute approximate surface area is 110 Å². The minimum atomic E-state index is -3.51. The zero-order valence-electron chi connectivity index (χ0n) is 9.92. The lowest BCUT2D eigenvalue weighted by molar-refractivity contribution is -0.121. The highest BCUT2D eigenvalue weighted by molar-refractivity contribution is 7.91. The number of carbonyl (C=O) groups excluding carboxylic acids is 1. The Hall–Kier alpha value is -0.960. The molecule has 1 rings (SSSR count). The Balaban J connectivity index is 2.36. The van der Waals surface area contributed by atoms with Crippen molar-refractivity contribution in [1.82, 2.24) is 10.0 Å². The number of sulfonamides is 1. The third kappa shape index (κ3) is 4.73. The Morgan fingerprint density at radius 1 is 1.56 bits per heavy atom. The van der Waals surface area contributed by atoms with Crippen LogP contribution in [0.3, 0.4) is 0 Å². The first-order chi connectivity index (χ1) is 8.45. The normalized spacial score (nSPS) is 13.2. The third-order valence-electron chi connectivity index (χ3n) is 2.09. The van der Waals surface area contributed by atoms with Gasteiger partial charge in [-0.05, 0) is 18.4 Å². The Bertz CT molecular complexity index is 470. The van der Waals surface area contributed by atoms with E-state index in [1.54, 1.807) is 18.4 Å². The number of carbonyl (C=O) groups is 1. The molecule has 6 nitrogen and oxygen atoms in total. The summed E-state index contributed by atoms with van der Waals surface area (Å²) in [6, 6.07) is 2.82. The fraction of sp³-hybridized carbons (Fsp3) is 0.500. The molecular formula is C10H16N2O4S2. The number of nitrogens with one attached hydrogen (secondary N) is 2. The number of hydrogen-bond acceptors (Lipinski definition) is 5. The van der Waals surface area contributed by atoms with Crippen LogP contribution in [0.1, 0.15) is 13.3 Å². The standard InChI is InChI=1S/C10H16N2O4S2/c1-8(7-13)12-9(14)4-5-11-18(15,16)10-3-2-6-17-10/h2-3,6,8,11,13H,4-5,7H2,1H3,(H,12,14). The van der Waals surface area contributed by atoms with Crippen LogP contribution in [0.15, 0.2) is 21.7 Å². The highest BCUT2D eigenvalue weighted by Gasteiger charge is 2.15. The summed E-state index contributed by atoms with van der Waals surface area (Å²) >= 11 is 1.12. The summed E-state index contributed by atoms with van der Waals surface area (Å²) in [7, 11) is -3.51. The Kier molecular flexibility index (Phi) is 5.73. The molecule has 1 heterocycles. The third-order valence-corrected chi connectivity index (χ3v) is 4.94. The van der Waals surface area contributed by atoms with Gasteiger partial charge in [-0.15, -0.1) is 11.3 Å². The van der Waals surface area contributed by atoms with Crippen molar-refractivity contribution < 1.29 is 18.3 Å². The molecule has 18 heavy (non-hydrogen) atoms. The number of rotatable bonds is 7. The van der Waals surface area contributed by atoms with Crippen molar-refractivity contribution in [2.45, 2.75) is 23.6 Å². The molecule has 102 valence electrons. The Morgan fingerprint density at radius 3 is 2.83 bits per heavy atom. The second-order valence-electron chi connectivity index (χ2n) is 3.73. The molecule has 0 bridgehead atoms. The average molecular weight is 292 g/mol. The van der Waals surface area contributed by atoms with Crippen molar-refractivity contribution in [2.75, 3.05) is 13.2 Å². The quantitative estimate of drug-likeness (QED) is 0.654. The SMILES string of the molecule is CC(CO)NC(=O)CCNS(=O)(=O)c1cccs1. The second kappa shape index (κ2) is 6.83. The van der Waals surface area contributed by atoms with Gasteiger partial charge in [-0.2, -0.15) is 0 Å².